The third-order valence-electron chi connectivity index (χ3n) is 2.45. The van der Waals surface area contributed by atoms with Crippen LogP contribution in [0.1, 0.15) is 16.7 Å². The van der Waals surface area contributed by atoms with E-state index >= 15 is 0 Å². The highest BCUT2D eigenvalue weighted by atomic mass is 19.1. The van der Waals surface area contributed by atoms with Crippen LogP contribution in [0, 0.1) is 17.1 Å². The second-order valence-electron chi connectivity index (χ2n) is 3.81. The molecule has 17 heavy (non-hydrogen) atoms. The Morgan fingerprint density at radius 1 is 1.29 bits per heavy atom. The van der Waals surface area contributed by atoms with Gasteiger partial charge in [-0.05, 0) is 35.4 Å². The quantitative estimate of drug-likeness (QED) is 0.877. The van der Waals surface area contributed by atoms with E-state index in [1.54, 1.807) is 18.3 Å². The summed E-state index contributed by atoms with van der Waals surface area (Å²) in [6.07, 6.45) is 3.60. The van der Waals surface area contributed by atoms with Crippen LogP contribution in [-0.2, 0) is 13.2 Å². The van der Waals surface area contributed by atoms with Crippen LogP contribution in [0.3, 0.4) is 0 Å². The SMILES string of the molecule is N#Cc1cc(F)cc(Cn2ccc(CO)c2)c1. The van der Waals surface area contributed by atoms with Gasteiger partial charge in [0.2, 0.25) is 0 Å². The summed E-state index contributed by atoms with van der Waals surface area (Å²) >= 11 is 0. The average molecular weight is 230 g/mol. The summed E-state index contributed by atoms with van der Waals surface area (Å²) in [7, 11) is 0. The maximum atomic E-state index is 13.2. The van der Waals surface area contributed by atoms with Crippen LogP contribution in [0.15, 0.2) is 36.7 Å². The Balaban J connectivity index is 2.24. The van der Waals surface area contributed by atoms with E-state index < -0.39 is 5.82 Å². The molecule has 4 heteroatoms. The third-order valence-corrected chi connectivity index (χ3v) is 2.45. The molecule has 0 spiro atoms. The van der Waals surface area contributed by atoms with Gasteiger partial charge < -0.3 is 9.67 Å². The number of halogens is 1. The lowest BCUT2D eigenvalue weighted by atomic mass is 10.1. The molecule has 1 aromatic carbocycles. The van der Waals surface area contributed by atoms with Crippen molar-refractivity contribution < 1.29 is 9.50 Å². The molecule has 1 N–H and O–H groups in total. The highest BCUT2D eigenvalue weighted by Gasteiger charge is 2.02. The van der Waals surface area contributed by atoms with Crippen molar-refractivity contribution in [3.05, 3.63) is 59.2 Å². The number of hydrogen-bond donors (Lipinski definition) is 1. The van der Waals surface area contributed by atoms with Crippen LogP contribution in [0.25, 0.3) is 0 Å². The molecule has 3 nitrogen and oxygen atoms in total. The standard InChI is InChI=1S/C13H11FN2O/c14-13-4-11(6-15)3-12(5-13)8-16-2-1-10(7-16)9-17/h1-5,7,17H,8-9H2. The van der Waals surface area contributed by atoms with Gasteiger partial charge in [-0.1, -0.05) is 0 Å². The number of aromatic nitrogens is 1. The molecular weight excluding hydrogens is 219 g/mol. The molecule has 0 saturated heterocycles. The summed E-state index contributed by atoms with van der Waals surface area (Å²) in [6.45, 7) is 0.464. The molecule has 0 unspecified atom stereocenters. The molecule has 2 rings (SSSR count). The van der Waals surface area contributed by atoms with Crippen LogP contribution >= 0.6 is 0 Å². The molecule has 0 aliphatic carbocycles. The van der Waals surface area contributed by atoms with Gasteiger partial charge in [0.15, 0.2) is 0 Å². The predicted molar refractivity (Wildman–Crippen MR) is 60.6 cm³/mol. The second kappa shape index (κ2) is 4.81. The molecule has 86 valence electrons. The monoisotopic (exact) mass is 230 g/mol. The van der Waals surface area contributed by atoms with Gasteiger partial charge in [-0.3, -0.25) is 0 Å². The van der Waals surface area contributed by atoms with Crippen LogP contribution in [0.2, 0.25) is 0 Å². The molecule has 0 saturated carbocycles. The Morgan fingerprint density at radius 2 is 2.12 bits per heavy atom. The van der Waals surface area contributed by atoms with E-state index in [9.17, 15) is 4.39 Å². The fourth-order valence-electron chi connectivity index (χ4n) is 1.70. The first-order valence-electron chi connectivity index (χ1n) is 5.16. The normalized spacial score (nSPS) is 10.2. The minimum Gasteiger partial charge on any atom is -0.392 e. The van der Waals surface area contributed by atoms with E-state index in [2.05, 4.69) is 0 Å². The topological polar surface area (TPSA) is 49.0 Å². The molecule has 0 aliphatic rings. The van der Waals surface area contributed by atoms with Gasteiger partial charge in [0, 0.05) is 18.9 Å². The molecule has 0 radical (unpaired) electrons. The summed E-state index contributed by atoms with van der Waals surface area (Å²) in [4.78, 5) is 0. The summed E-state index contributed by atoms with van der Waals surface area (Å²) < 4.78 is 15.0. The Bertz CT molecular complexity index is 569. The van der Waals surface area contributed by atoms with Crippen LogP contribution < -0.4 is 0 Å². The number of benzene rings is 1. The largest absolute Gasteiger partial charge is 0.392 e. The molecule has 0 aliphatic heterocycles. The van der Waals surface area contributed by atoms with E-state index in [-0.39, 0.29) is 6.61 Å². The van der Waals surface area contributed by atoms with Crippen molar-refractivity contribution in [2.45, 2.75) is 13.2 Å². The number of aliphatic hydroxyl groups excluding tert-OH is 1. The van der Waals surface area contributed by atoms with Crippen molar-refractivity contribution in [2.24, 2.45) is 0 Å². The van der Waals surface area contributed by atoms with Crippen molar-refractivity contribution >= 4 is 0 Å². The molecular formula is C13H11FN2O. The zero-order valence-electron chi connectivity index (χ0n) is 9.10. The second-order valence-corrected chi connectivity index (χ2v) is 3.81. The Kier molecular flexibility index (Phi) is 3.22. The van der Waals surface area contributed by atoms with E-state index in [0.717, 1.165) is 11.1 Å². The van der Waals surface area contributed by atoms with Gasteiger partial charge in [-0.2, -0.15) is 5.26 Å². The highest BCUT2D eigenvalue weighted by Crippen LogP contribution is 2.11. The van der Waals surface area contributed by atoms with Crippen molar-refractivity contribution in [3.8, 4) is 6.07 Å². The molecule has 1 aromatic heterocycles. The molecule has 0 amide bonds. The molecule has 0 bridgehead atoms. The maximum Gasteiger partial charge on any atom is 0.124 e. The first kappa shape index (κ1) is 11.4. The van der Waals surface area contributed by atoms with Crippen LogP contribution in [-0.4, -0.2) is 9.67 Å². The number of rotatable bonds is 3. The molecule has 0 atom stereocenters. The minimum absolute atomic E-state index is 0.0143. The fourth-order valence-corrected chi connectivity index (χ4v) is 1.70. The maximum absolute atomic E-state index is 13.2. The van der Waals surface area contributed by atoms with Crippen molar-refractivity contribution in [2.75, 3.05) is 0 Å². The zero-order chi connectivity index (χ0) is 12.3. The number of aliphatic hydroxyl groups is 1. The van der Waals surface area contributed by atoms with Crippen molar-refractivity contribution in [3.63, 3.8) is 0 Å². The van der Waals surface area contributed by atoms with E-state index in [1.165, 1.54) is 12.1 Å². The Labute approximate surface area is 98.4 Å². The fraction of sp³-hybridized carbons (Fsp3) is 0.154. The van der Waals surface area contributed by atoms with E-state index in [0.29, 0.717) is 12.1 Å². The minimum atomic E-state index is -0.409. The van der Waals surface area contributed by atoms with Crippen molar-refractivity contribution in [1.82, 2.24) is 4.57 Å². The summed E-state index contributed by atoms with van der Waals surface area (Å²) in [5, 5.41) is 17.7. The number of hydrogen-bond acceptors (Lipinski definition) is 2. The van der Waals surface area contributed by atoms with Gasteiger partial charge in [-0.25, -0.2) is 4.39 Å². The lowest BCUT2D eigenvalue weighted by Crippen LogP contribution is -1.98. The van der Waals surface area contributed by atoms with E-state index in [4.69, 9.17) is 10.4 Å². The van der Waals surface area contributed by atoms with Gasteiger partial charge in [0.25, 0.3) is 0 Å². The molecule has 0 fully saturated rings. The van der Waals surface area contributed by atoms with E-state index in [1.807, 2.05) is 16.8 Å². The van der Waals surface area contributed by atoms with Gasteiger partial charge in [0.1, 0.15) is 5.82 Å². The number of nitriles is 1. The third kappa shape index (κ3) is 2.71. The predicted octanol–water partition coefficient (Wildman–Crippen LogP) is 2.04. The molecule has 1 heterocycles. The first-order chi connectivity index (χ1) is 8.21. The zero-order valence-corrected chi connectivity index (χ0v) is 9.10. The number of nitrogens with zero attached hydrogens (tertiary/aromatic N) is 2. The molecule has 2 aromatic rings. The summed E-state index contributed by atoms with van der Waals surface area (Å²) in [5.74, 6) is -0.409. The van der Waals surface area contributed by atoms with Gasteiger partial charge in [0.05, 0.1) is 18.2 Å². The Morgan fingerprint density at radius 3 is 2.76 bits per heavy atom. The van der Waals surface area contributed by atoms with Crippen LogP contribution in [0.4, 0.5) is 4.39 Å². The van der Waals surface area contributed by atoms with Crippen LogP contribution in [0.5, 0.6) is 0 Å². The Hall–Kier alpha value is -2.12. The van der Waals surface area contributed by atoms with Gasteiger partial charge >= 0.3 is 0 Å². The lowest BCUT2D eigenvalue weighted by molar-refractivity contribution is 0.282. The summed E-state index contributed by atoms with van der Waals surface area (Å²) in [6, 6.07) is 7.98. The van der Waals surface area contributed by atoms with Crippen molar-refractivity contribution in [1.29, 1.82) is 5.26 Å². The highest BCUT2D eigenvalue weighted by molar-refractivity contribution is 5.33. The smallest absolute Gasteiger partial charge is 0.124 e. The van der Waals surface area contributed by atoms with Gasteiger partial charge in [-0.15, -0.1) is 0 Å². The summed E-state index contributed by atoms with van der Waals surface area (Å²) in [5.41, 5.74) is 1.85. The lowest BCUT2D eigenvalue weighted by Gasteiger charge is -2.04. The first-order valence-corrected chi connectivity index (χ1v) is 5.16. The average Bonchev–Trinajstić information content (AvgIpc) is 2.76.